The van der Waals surface area contributed by atoms with Gasteiger partial charge in [-0.3, -0.25) is 19.6 Å². The Bertz CT molecular complexity index is 1810. The van der Waals surface area contributed by atoms with Gasteiger partial charge in [0.05, 0.1) is 59.5 Å². The van der Waals surface area contributed by atoms with Gasteiger partial charge in [-0.2, -0.15) is 0 Å². The Labute approximate surface area is 269 Å². The van der Waals surface area contributed by atoms with Crippen LogP contribution >= 0.6 is 0 Å². The molecular formula is C38H36N4O4. The van der Waals surface area contributed by atoms with Gasteiger partial charge < -0.3 is 20.1 Å². The molecule has 4 aromatic rings. The maximum atomic E-state index is 14.1. The minimum Gasteiger partial charge on any atom is -0.497 e. The van der Waals surface area contributed by atoms with E-state index in [0.29, 0.717) is 79.3 Å². The van der Waals surface area contributed by atoms with E-state index in [9.17, 15) is 9.59 Å². The number of nitrogens with one attached hydrogen (secondary N) is 2. The summed E-state index contributed by atoms with van der Waals surface area (Å²) in [5, 5.41) is 6.85. The zero-order valence-corrected chi connectivity index (χ0v) is 26.8. The first kappa shape index (κ1) is 31.7. The number of rotatable bonds is 6. The first-order chi connectivity index (χ1) is 22.2. The smallest absolute Gasteiger partial charge is 0.196 e. The van der Waals surface area contributed by atoms with Gasteiger partial charge in [-0.25, -0.2) is 0 Å². The molecule has 0 amide bonds. The Hall–Kier alpha value is -5.76. The van der Waals surface area contributed by atoms with E-state index in [-0.39, 0.29) is 11.6 Å². The minimum atomic E-state index is -0.206. The average molecular weight is 613 g/mol. The third kappa shape index (κ3) is 6.81. The van der Waals surface area contributed by atoms with Crippen LogP contribution in [0.15, 0.2) is 130 Å². The number of methoxy groups -OCH3 is 2. The number of carbonyl (C=O) groups is 2. The summed E-state index contributed by atoms with van der Waals surface area (Å²) in [6, 6.07) is 29.1. The molecular weight excluding hydrogens is 576 g/mol. The molecule has 1 heterocycles. The Balaban J connectivity index is 1.73. The van der Waals surface area contributed by atoms with Crippen LogP contribution in [0.1, 0.15) is 48.4 Å². The van der Waals surface area contributed by atoms with Gasteiger partial charge in [0.2, 0.25) is 0 Å². The molecule has 4 aromatic carbocycles. The van der Waals surface area contributed by atoms with Crippen LogP contribution in [-0.2, 0) is 0 Å². The molecule has 0 aliphatic carbocycles. The molecule has 46 heavy (non-hydrogen) atoms. The number of carbonyl (C=O) groups excluding carboxylic acids is 2. The molecule has 0 spiro atoms. The molecule has 1 aliphatic heterocycles. The molecule has 5 rings (SSSR count). The van der Waals surface area contributed by atoms with E-state index < -0.39 is 0 Å². The average Bonchev–Trinajstić information content (AvgIpc) is 3.06. The highest BCUT2D eigenvalue weighted by atomic mass is 16.5. The van der Waals surface area contributed by atoms with Crippen LogP contribution in [0.3, 0.4) is 0 Å². The van der Waals surface area contributed by atoms with Crippen molar-refractivity contribution in [2.45, 2.75) is 27.7 Å². The Kier molecular flexibility index (Phi) is 9.57. The lowest BCUT2D eigenvalue weighted by Crippen LogP contribution is -2.18. The summed E-state index contributed by atoms with van der Waals surface area (Å²) in [6.07, 6.45) is 0. The van der Waals surface area contributed by atoms with Gasteiger partial charge in [0.1, 0.15) is 11.5 Å². The first-order valence-electron chi connectivity index (χ1n) is 14.8. The fraction of sp³-hybridized carbons (Fsp3) is 0.158. The zero-order valence-electron chi connectivity index (χ0n) is 26.8. The van der Waals surface area contributed by atoms with Crippen LogP contribution in [-0.4, -0.2) is 37.2 Å². The molecule has 1 aliphatic rings. The maximum Gasteiger partial charge on any atom is 0.196 e. The van der Waals surface area contributed by atoms with E-state index in [4.69, 9.17) is 19.5 Å². The highest BCUT2D eigenvalue weighted by Gasteiger charge is 2.23. The quantitative estimate of drug-likeness (QED) is 0.211. The molecule has 0 saturated heterocycles. The molecule has 0 fully saturated rings. The van der Waals surface area contributed by atoms with Crippen molar-refractivity contribution in [1.29, 1.82) is 0 Å². The number of nitrogens with zero attached hydrogens (tertiary/aromatic N) is 2. The fourth-order valence-electron chi connectivity index (χ4n) is 5.39. The van der Waals surface area contributed by atoms with E-state index in [1.54, 1.807) is 62.8 Å². The maximum absolute atomic E-state index is 14.1. The largest absolute Gasteiger partial charge is 0.497 e. The minimum absolute atomic E-state index is 0.206. The molecule has 232 valence electrons. The number of fused-ring (bicyclic) bond motifs is 2. The van der Waals surface area contributed by atoms with E-state index in [0.717, 1.165) is 0 Å². The lowest BCUT2D eigenvalue weighted by Gasteiger charge is -2.19. The zero-order chi connectivity index (χ0) is 32.8. The van der Waals surface area contributed by atoms with E-state index in [1.807, 2.05) is 76.2 Å². The molecule has 0 atom stereocenters. The molecule has 0 radical (unpaired) electrons. The summed E-state index contributed by atoms with van der Waals surface area (Å²) in [7, 11) is 3.14. The lowest BCUT2D eigenvalue weighted by molar-refractivity contribution is 0.103. The Morgan fingerprint density at radius 2 is 0.935 bits per heavy atom. The summed E-state index contributed by atoms with van der Waals surface area (Å²) in [4.78, 5) is 38.2. The van der Waals surface area contributed by atoms with Crippen molar-refractivity contribution in [3.05, 3.63) is 131 Å². The van der Waals surface area contributed by atoms with Crippen LogP contribution < -0.4 is 20.1 Å². The summed E-state index contributed by atoms with van der Waals surface area (Å²) < 4.78 is 10.8. The van der Waals surface area contributed by atoms with Crippen LogP contribution in [0.4, 0.5) is 22.7 Å². The Morgan fingerprint density at radius 1 is 0.543 bits per heavy atom. The number of aliphatic imine (C=N–C) groups is 2. The molecule has 0 unspecified atom stereocenters. The molecule has 8 heteroatoms. The second-order valence-electron chi connectivity index (χ2n) is 10.8. The van der Waals surface area contributed by atoms with Crippen LogP contribution in [0.25, 0.3) is 0 Å². The van der Waals surface area contributed by atoms with E-state index in [1.165, 1.54) is 0 Å². The number of anilines is 2. The van der Waals surface area contributed by atoms with Crippen LogP contribution in [0.2, 0.25) is 0 Å². The van der Waals surface area contributed by atoms with Gasteiger partial charge in [-0.1, -0.05) is 48.5 Å². The van der Waals surface area contributed by atoms with Crippen molar-refractivity contribution in [3.8, 4) is 11.5 Å². The van der Waals surface area contributed by atoms with Crippen LogP contribution in [0, 0.1) is 0 Å². The summed E-state index contributed by atoms with van der Waals surface area (Å²) >= 11 is 0. The van der Waals surface area contributed by atoms with Gasteiger partial charge in [0.25, 0.3) is 0 Å². The molecule has 0 saturated carbocycles. The van der Waals surface area contributed by atoms with Gasteiger partial charge in [0.15, 0.2) is 11.6 Å². The number of hydrogen-bond donors (Lipinski definition) is 2. The van der Waals surface area contributed by atoms with Crippen molar-refractivity contribution < 1.29 is 19.1 Å². The number of ether oxygens (including phenoxy) is 2. The molecule has 2 N–H and O–H groups in total. The number of allylic oxidation sites excluding steroid dienone is 4. The highest BCUT2D eigenvalue weighted by molar-refractivity contribution is 6.29. The van der Waals surface area contributed by atoms with Gasteiger partial charge in [-0.15, -0.1) is 0 Å². The summed E-state index contributed by atoms with van der Waals surface area (Å²) in [5.41, 5.74) is 6.51. The third-order valence-corrected chi connectivity index (χ3v) is 7.62. The summed E-state index contributed by atoms with van der Waals surface area (Å²) in [6.45, 7) is 7.32. The van der Waals surface area contributed by atoms with Gasteiger partial charge >= 0.3 is 0 Å². The monoisotopic (exact) mass is 612 g/mol. The van der Waals surface area contributed by atoms with Crippen molar-refractivity contribution in [2.75, 3.05) is 24.9 Å². The van der Waals surface area contributed by atoms with Crippen molar-refractivity contribution >= 4 is 45.7 Å². The number of ketones is 2. The van der Waals surface area contributed by atoms with Gasteiger partial charge in [0, 0.05) is 22.5 Å². The van der Waals surface area contributed by atoms with E-state index >= 15 is 0 Å². The lowest BCUT2D eigenvalue weighted by atomic mass is 9.97. The van der Waals surface area contributed by atoms with Crippen LogP contribution in [0.5, 0.6) is 11.5 Å². The number of hydrogen-bond acceptors (Lipinski definition) is 8. The third-order valence-electron chi connectivity index (χ3n) is 7.62. The predicted molar refractivity (Wildman–Crippen MR) is 186 cm³/mol. The standard InChI is InChI=1S/C38H36N4O4/c1-23-35(37(43)27-13-11-15-29(21-27)45-5)24(2)40-33-19-9-10-20-34(33)42-26(4)36(38(44)28-14-12-16-30(22-28)46-6)25(3)41-32-18-8-7-17-31(32)39-23/h7-22,39,42H,1-6H3/b35-23+,36-26+,40-24?,41-25?. The first-order valence-corrected chi connectivity index (χ1v) is 14.8. The normalized spacial score (nSPS) is 16.7. The SMILES string of the molecule is COc1cccc(C(=O)/C2=C(\C)Nc3ccccc3N=C(C)/C(C(=O)c3cccc(OC)c3)=C(/C)Nc3ccccc3N=C2C)c1. The summed E-state index contributed by atoms with van der Waals surface area (Å²) in [5.74, 6) is 0.752. The highest BCUT2D eigenvalue weighted by Crippen LogP contribution is 2.33. The Morgan fingerprint density at radius 3 is 1.33 bits per heavy atom. The number of Topliss-reactive ketones (excluding diaryl/α,β-unsaturated/α-hetero) is 2. The van der Waals surface area contributed by atoms with Crippen molar-refractivity contribution in [2.24, 2.45) is 9.98 Å². The molecule has 8 nitrogen and oxygen atoms in total. The topological polar surface area (TPSA) is 101 Å². The molecule has 0 bridgehead atoms. The fourth-order valence-corrected chi connectivity index (χ4v) is 5.39. The predicted octanol–water partition coefficient (Wildman–Crippen LogP) is 8.74. The van der Waals surface area contributed by atoms with E-state index in [2.05, 4.69) is 10.6 Å². The van der Waals surface area contributed by atoms with Gasteiger partial charge in [-0.05, 0) is 76.2 Å². The van der Waals surface area contributed by atoms with Crippen molar-refractivity contribution in [3.63, 3.8) is 0 Å². The second-order valence-corrected chi connectivity index (χ2v) is 10.8. The number of benzene rings is 4. The van der Waals surface area contributed by atoms with Crippen molar-refractivity contribution in [1.82, 2.24) is 0 Å². The second kappa shape index (κ2) is 13.9. The molecule has 0 aromatic heterocycles. The number of para-hydroxylation sites is 4.